The molecule has 0 heterocycles. The molecule has 0 bridgehead atoms. The lowest BCUT2D eigenvalue weighted by Crippen LogP contribution is -2.49. The van der Waals surface area contributed by atoms with E-state index in [2.05, 4.69) is 70.3 Å². The van der Waals surface area contributed by atoms with E-state index in [4.69, 9.17) is 0 Å². The molecule has 0 aliphatic rings. The summed E-state index contributed by atoms with van der Waals surface area (Å²) >= 11 is 0. The molecule has 0 spiro atoms. The monoisotopic (exact) mass is 261 g/mol. The molecular formula is C18H31N. The second kappa shape index (κ2) is 7.69. The van der Waals surface area contributed by atoms with Crippen LogP contribution in [0.25, 0.3) is 0 Å². The van der Waals surface area contributed by atoms with E-state index in [0.717, 1.165) is 6.54 Å². The van der Waals surface area contributed by atoms with Crippen LogP contribution in [0.4, 0.5) is 0 Å². The first-order valence-electron chi connectivity index (χ1n) is 7.82. The van der Waals surface area contributed by atoms with E-state index in [9.17, 15) is 0 Å². The van der Waals surface area contributed by atoms with Crippen molar-refractivity contribution in [3.05, 3.63) is 35.9 Å². The maximum atomic E-state index is 3.79. The van der Waals surface area contributed by atoms with Gasteiger partial charge in [-0.2, -0.15) is 0 Å². The fourth-order valence-corrected chi connectivity index (χ4v) is 3.14. The third kappa shape index (κ3) is 4.35. The fourth-order valence-electron chi connectivity index (χ4n) is 3.14. The molecule has 0 aliphatic carbocycles. The predicted octanol–water partition coefficient (Wildman–Crippen LogP) is 4.77. The quantitative estimate of drug-likeness (QED) is 0.711. The molecule has 19 heavy (non-hydrogen) atoms. The number of hydrogen-bond donors (Lipinski definition) is 1. The zero-order valence-corrected chi connectivity index (χ0v) is 13.4. The molecule has 0 saturated carbocycles. The second-order valence-electron chi connectivity index (χ2n) is 6.29. The lowest BCUT2D eigenvalue weighted by molar-refractivity contribution is 0.246. The molecule has 0 aliphatic heterocycles. The Morgan fingerprint density at radius 2 is 1.68 bits per heavy atom. The Labute approximate surface area is 119 Å². The summed E-state index contributed by atoms with van der Waals surface area (Å²) in [5, 5.41) is 3.79. The smallest absolute Gasteiger partial charge is 0.0184 e. The zero-order valence-electron chi connectivity index (χ0n) is 13.4. The van der Waals surface area contributed by atoms with E-state index in [0.29, 0.717) is 12.0 Å². The van der Waals surface area contributed by atoms with Crippen LogP contribution in [-0.2, 0) is 5.41 Å². The van der Waals surface area contributed by atoms with Crippen molar-refractivity contribution in [1.29, 1.82) is 0 Å². The summed E-state index contributed by atoms with van der Waals surface area (Å²) in [7, 11) is 0. The number of rotatable bonds is 8. The van der Waals surface area contributed by atoms with Gasteiger partial charge in [0, 0.05) is 11.5 Å². The van der Waals surface area contributed by atoms with Gasteiger partial charge in [0.1, 0.15) is 0 Å². The summed E-state index contributed by atoms with van der Waals surface area (Å²) in [6.07, 6.45) is 3.74. The third-order valence-corrected chi connectivity index (χ3v) is 4.22. The molecule has 1 aromatic carbocycles. The molecule has 2 atom stereocenters. The minimum atomic E-state index is 0.172. The van der Waals surface area contributed by atoms with Crippen molar-refractivity contribution < 1.29 is 0 Å². The molecule has 1 N–H and O–H groups in total. The normalized spacial score (nSPS) is 15.2. The highest BCUT2D eigenvalue weighted by molar-refractivity contribution is 5.26. The van der Waals surface area contributed by atoms with Gasteiger partial charge in [-0.15, -0.1) is 0 Å². The Morgan fingerprint density at radius 1 is 1.05 bits per heavy atom. The van der Waals surface area contributed by atoms with Crippen molar-refractivity contribution >= 4 is 0 Å². The van der Waals surface area contributed by atoms with Gasteiger partial charge >= 0.3 is 0 Å². The molecule has 0 saturated heterocycles. The molecule has 1 nitrogen and oxygen atoms in total. The van der Waals surface area contributed by atoms with Gasteiger partial charge in [-0.3, -0.25) is 0 Å². The predicted molar refractivity (Wildman–Crippen MR) is 85.6 cm³/mol. The standard InChI is InChI=1S/C18H31N/c1-6-11-15(3)17(19-14-7-2)18(4,5)16-12-9-8-10-13-16/h8-10,12-13,15,17,19H,6-7,11,14H2,1-5H3. The van der Waals surface area contributed by atoms with E-state index in [1.54, 1.807) is 0 Å². The highest BCUT2D eigenvalue weighted by Crippen LogP contribution is 2.32. The van der Waals surface area contributed by atoms with Gasteiger partial charge in [0.25, 0.3) is 0 Å². The Bertz CT molecular complexity index is 342. The van der Waals surface area contributed by atoms with Gasteiger partial charge in [-0.25, -0.2) is 0 Å². The minimum Gasteiger partial charge on any atom is -0.313 e. The molecule has 108 valence electrons. The Hall–Kier alpha value is -0.820. The van der Waals surface area contributed by atoms with Crippen molar-refractivity contribution in [2.24, 2.45) is 5.92 Å². The van der Waals surface area contributed by atoms with Crippen molar-refractivity contribution in [2.45, 2.75) is 65.3 Å². The van der Waals surface area contributed by atoms with Gasteiger partial charge in [-0.05, 0) is 30.9 Å². The minimum absolute atomic E-state index is 0.172. The van der Waals surface area contributed by atoms with Crippen molar-refractivity contribution in [1.82, 2.24) is 5.32 Å². The summed E-state index contributed by atoms with van der Waals surface area (Å²) in [6, 6.07) is 11.5. The summed E-state index contributed by atoms with van der Waals surface area (Å²) < 4.78 is 0. The molecule has 0 amide bonds. The number of hydrogen-bond acceptors (Lipinski definition) is 1. The molecule has 0 radical (unpaired) electrons. The molecule has 2 unspecified atom stereocenters. The van der Waals surface area contributed by atoms with Crippen LogP contribution >= 0.6 is 0 Å². The number of benzene rings is 1. The van der Waals surface area contributed by atoms with E-state index in [1.807, 2.05) is 0 Å². The second-order valence-corrected chi connectivity index (χ2v) is 6.29. The first kappa shape index (κ1) is 16.2. The van der Waals surface area contributed by atoms with Crippen LogP contribution in [0.5, 0.6) is 0 Å². The summed E-state index contributed by atoms with van der Waals surface area (Å²) in [4.78, 5) is 0. The first-order chi connectivity index (χ1) is 9.04. The van der Waals surface area contributed by atoms with Crippen LogP contribution in [0.15, 0.2) is 30.3 Å². The van der Waals surface area contributed by atoms with Crippen LogP contribution in [0.2, 0.25) is 0 Å². The van der Waals surface area contributed by atoms with E-state index in [-0.39, 0.29) is 5.41 Å². The highest BCUT2D eigenvalue weighted by atomic mass is 14.9. The number of nitrogens with one attached hydrogen (secondary N) is 1. The lowest BCUT2D eigenvalue weighted by Gasteiger charge is -2.40. The molecule has 1 rings (SSSR count). The zero-order chi connectivity index (χ0) is 14.3. The largest absolute Gasteiger partial charge is 0.313 e. The van der Waals surface area contributed by atoms with Crippen molar-refractivity contribution in [3.63, 3.8) is 0 Å². The molecule has 1 aromatic rings. The molecule has 0 aromatic heterocycles. The maximum absolute atomic E-state index is 3.79. The summed E-state index contributed by atoms with van der Waals surface area (Å²) in [5.74, 6) is 0.701. The Morgan fingerprint density at radius 3 is 2.21 bits per heavy atom. The maximum Gasteiger partial charge on any atom is 0.0184 e. The fraction of sp³-hybridized carbons (Fsp3) is 0.667. The molecular weight excluding hydrogens is 230 g/mol. The average molecular weight is 261 g/mol. The van der Waals surface area contributed by atoms with Crippen molar-refractivity contribution in [3.8, 4) is 0 Å². The van der Waals surface area contributed by atoms with Gasteiger partial charge in [-0.1, -0.05) is 71.4 Å². The first-order valence-corrected chi connectivity index (χ1v) is 7.82. The van der Waals surface area contributed by atoms with E-state index >= 15 is 0 Å². The van der Waals surface area contributed by atoms with Crippen molar-refractivity contribution in [2.75, 3.05) is 6.54 Å². The van der Waals surface area contributed by atoms with Gasteiger partial charge < -0.3 is 5.32 Å². The van der Waals surface area contributed by atoms with Crippen LogP contribution in [-0.4, -0.2) is 12.6 Å². The van der Waals surface area contributed by atoms with Gasteiger partial charge in [0.15, 0.2) is 0 Å². The van der Waals surface area contributed by atoms with E-state index in [1.165, 1.54) is 24.8 Å². The average Bonchev–Trinajstić information content (AvgIpc) is 2.40. The molecule has 1 heteroatoms. The SMILES string of the molecule is CCCNC(C(C)CCC)C(C)(C)c1ccccc1. The van der Waals surface area contributed by atoms with Gasteiger partial charge in [0.05, 0.1) is 0 Å². The summed E-state index contributed by atoms with van der Waals surface area (Å²) in [5.41, 5.74) is 1.61. The van der Waals surface area contributed by atoms with Gasteiger partial charge in [0.2, 0.25) is 0 Å². The molecule has 0 fully saturated rings. The Balaban J connectivity index is 2.94. The van der Waals surface area contributed by atoms with Crippen LogP contribution < -0.4 is 5.32 Å². The third-order valence-electron chi connectivity index (χ3n) is 4.22. The topological polar surface area (TPSA) is 12.0 Å². The van der Waals surface area contributed by atoms with E-state index < -0.39 is 0 Å². The van der Waals surface area contributed by atoms with Crippen LogP contribution in [0.1, 0.15) is 59.4 Å². The lowest BCUT2D eigenvalue weighted by atomic mass is 9.72. The highest BCUT2D eigenvalue weighted by Gasteiger charge is 2.34. The van der Waals surface area contributed by atoms with Crippen LogP contribution in [0.3, 0.4) is 0 Å². The summed E-state index contributed by atoms with van der Waals surface area (Å²) in [6.45, 7) is 12.8. The Kier molecular flexibility index (Phi) is 6.57. The van der Waals surface area contributed by atoms with Crippen LogP contribution in [0, 0.1) is 5.92 Å².